The van der Waals surface area contributed by atoms with Crippen molar-refractivity contribution in [3.8, 4) is 23.0 Å². The summed E-state index contributed by atoms with van der Waals surface area (Å²) in [6, 6.07) is 9.72. The number of methoxy groups -OCH3 is 2. The molecular weight excluding hydrogens is 378 g/mol. The SMILES string of the molecule is COc1cccc(CN2CCc3cc4c(cc3C(SC)C2=O)OCO4)c1OC. The third-order valence-electron chi connectivity index (χ3n) is 5.19. The van der Waals surface area contributed by atoms with Gasteiger partial charge in [-0.25, -0.2) is 0 Å². The van der Waals surface area contributed by atoms with Crippen LogP contribution in [0.15, 0.2) is 30.3 Å². The average molecular weight is 401 g/mol. The van der Waals surface area contributed by atoms with E-state index >= 15 is 0 Å². The van der Waals surface area contributed by atoms with Gasteiger partial charge in [-0.2, -0.15) is 0 Å². The van der Waals surface area contributed by atoms with Crippen LogP contribution in [0, 0.1) is 0 Å². The lowest BCUT2D eigenvalue weighted by Gasteiger charge is -2.25. The van der Waals surface area contributed by atoms with Gasteiger partial charge in [0.25, 0.3) is 0 Å². The zero-order valence-corrected chi connectivity index (χ0v) is 17.0. The van der Waals surface area contributed by atoms with Crippen molar-refractivity contribution in [2.24, 2.45) is 0 Å². The molecule has 2 aliphatic rings. The second-order valence-corrected chi connectivity index (χ2v) is 7.63. The maximum atomic E-state index is 13.4. The summed E-state index contributed by atoms with van der Waals surface area (Å²) in [5.74, 6) is 2.90. The van der Waals surface area contributed by atoms with Crippen molar-refractivity contribution in [2.75, 3.05) is 33.8 Å². The predicted molar refractivity (Wildman–Crippen MR) is 107 cm³/mol. The Morgan fingerprint density at radius 2 is 1.96 bits per heavy atom. The molecule has 2 aliphatic heterocycles. The smallest absolute Gasteiger partial charge is 0.240 e. The summed E-state index contributed by atoms with van der Waals surface area (Å²) in [5.41, 5.74) is 3.08. The Morgan fingerprint density at radius 3 is 2.68 bits per heavy atom. The minimum absolute atomic E-state index is 0.0926. The van der Waals surface area contributed by atoms with E-state index in [2.05, 4.69) is 0 Å². The van der Waals surface area contributed by atoms with E-state index in [4.69, 9.17) is 18.9 Å². The molecule has 1 unspecified atom stereocenters. The highest BCUT2D eigenvalue weighted by atomic mass is 32.2. The number of benzene rings is 2. The minimum atomic E-state index is -0.274. The Bertz CT molecular complexity index is 901. The van der Waals surface area contributed by atoms with Crippen molar-refractivity contribution in [3.05, 3.63) is 47.0 Å². The van der Waals surface area contributed by atoms with E-state index < -0.39 is 0 Å². The van der Waals surface area contributed by atoms with Crippen molar-refractivity contribution in [3.63, 3.8) is 0 Å². The molecular formula is C21H23NO5S. The summed E-state index contributed by atoms with van der Waals surface area (Å²) in [5, 5.41) is -0.274. The molecule has 0 aromatic heterocycles. The van der Waals surface area contributed by atoms with Crippen LogP contribution in [0.25, 0.3) is 0 Å². The van der Waals surface area contributed by atoms with Gasteiger partial charge < -0.3 is 23.8 Å². The van der Waals surface area contributed by atoms with Gasteiger partial charge in [-0.3, -0.25) is 4.79 Å². The lowest BCUT2D eigenvalue weighted by atomic mass is 10.0. The largest absolute Gasteiger partial charge is 0.493 e. The van der Waals surface area contributed by atoms with E-state index in [0.717, 1.165) is 28.9 Å². The van der Waals surface area contributed by atoms with Crippen LogP contribution in [-0.2, 0) is 17.8 Å². The molecule has 0 fully saturated rings. The molecule has 0 saturated carbocycles. The summed E-state index contributed by atoms with van der Waals surface area (Å²) in [4.78, 5) is 15.3. The highest BCUT2D eigenvalue weighted by molar-refractivity contribution is 7.99. The Kier molecular flexibility index (Phi) is 5.26. The average Bonchev–Trinajstić information content (AvgIpc) is 3.13. The van der Waals surface area contributed by atoms with Crippen molar-refractivity contribution in [1.29, 1.82) is 0 Å². The normalized spacial score (nSPS) is 17.9. The monoisotopic (exact) mass is 401 g/mol. The molecule has 1 amide bonds. The first-order valence-electron chi connectivity index (χ1n) is 9.10. The molecule has 6 nitrogen and oxygen atoms in total. The van der Waals surface area contributed by atoms with Gasteiger partial charge in [-0.05, 0) is 42.0 Å². The second-order valence-electron chi connectivity index (χ2n) is 6.68. The molecule has 4 rings (SSSR count). The fourth-order valence-corrected chi connectivity index (χ4v) is 4.62. The number of amides is 1. The summed E-state index contributed by atoms with van der Waals surface area (Å²) < 4.78 is 22.0. The molecule has 2 heterocycles. The summed E-state index contributed by atoms with van der Waals surface area (Å²) >= 11 is 1.54. The molecule has 7 heteroatoms. The molecule has 0 aliphatic carbocycles. The number of carbonyl (C=O) groups excluding carboxylic acids is 1. The van der Waals surface area contributed by atoms with Crippen LogP contribution in [0.1, 0.15) is 21.9 Å². The predicted octanol–water partition coefficient (Wildman–Crippen LogP) is 3.42. The van der Waals surface area contributed by atoms with Crippen LogP contribution < -0.4 is 18.9 Å². The van der Waals surface area contributed by atoms with Gasteiger partial charge in [0.1, 0.15) is 5.25 Å². The number of thioether (sulfide) groups is 1. The number of nitrogens with zero attached hydrogens (tertiary/aromatic N) is 1. The number of fused-ring (bicyclic) bond motifs is 2. The maximum Gasteiger partial charge on any atom is 0.240 e. The van der Waals surface area contributed by atoms with Crippen LogP contribution in [-0.4, -0.2) is 44.6 Å². The first-order chi connectivity index (χ1) is 13.7. The molecule has 148 valence electrons. The molecule has 0 radical (unpaired) electrons. The zero-order valence-electron chi connectivity index (χ0n) is 16.2. The van der Waals surface area contributed by atoms with E-state index in [-0.39, 0.29) is 18.0 Å². The number of rotatable bonds is 5. The Labute approximate surface area is 168 Å². The van der Waals surface area contributed by atoms with E-state index in [1.54, 1.807) is 26.0 Å². The molecule has 28 heavy (non-hydrogen) atoms. The molecule has 0 saturated heterocycles. The Morgan fingerprint density at radius 1 is 1.18 bits per heavy atom. The van der Waals surface area contributed by atoms with E-state index in [1.807, 2.05) is 41.5 Å². The summed E-state index contributed by atoms with van der Waals surface area (Å²) in [7, 11) is 3.23. The quantitative estimate of drug-likeness (QED) is 0.765. The van der Waals surface area contributed by atoms with Crippen molar-refractivity contribution in [1.82, 2.24) is 4.90 Å². The summed E-state index contributed by atoms with van der Waals surface area (Å²) in [6.45, 7) is 1.33. The lowest BCUT2D eigenvalue weighted by Crippen LogP contribution is -2.33. The Hall–Kier alpha value is -2.54. The second kappa shape index (κ2) is 7.83. The van der Waals surface area contributed by atoms with E-state index in [0.29, 0.717) is 30.3 Å². The van der Waals surface area contributed by atoms with E-state index in [1.165, 1.54) is 0 Å². The fraction of sp³-hybridized carbons (Fsp3) is 0.381. The van der Waals surface area contributed by atoms with Gasteiger partial charge in [-0.15, -0.1) is 11.8 Å². The third-order valence-corrected chi connectivity index (χ3v) is 6.11. The fourth-order valence-electron chi connectivity index (χ4n) is 3.79. The van der Waals surface area contributed by atoms with E-state index in [9.17, 15) is 4.79 Å². The number of ether oxygens (including phenoxy) is 4. The van der Waals surface area contributed by atoms with Gasteiger partial charge in [0.15, 0.2) is 23.0 Å². The summed E-state index contributed by atoms with van der Waals surface area (Å²) in [6.07, 6.45) is 2.73. The molecule has 2 aromatic rings. The van der Waals surface area contributed by atoms with Gasteiger partial charge in [0, 0.05) is 18.7 Å². The maximum absolute atomic E-state index is 13.4. The molecule has 0 bridgehead atoms. The standard InChI is InChI=1S/C21H23NO5S/c1-24-16-6-4-5-14(19(16)25-2)11-22-8-7-13-9-17-18(27-12-26-17)10-15(13)20(28-3)21(22)23/h4-6,9-10,20H,7-8,11-12H2,1-3H3. The van der Waals surface area contributed by atoms with Gasteiger partial charge >= 0.3 is 0 Å². The zero-order chi connectivity index (χ0) is 19.7. The van der Waals surface area contributed by atoms with Gasteiger partial charge in [-0.1, -0.05) is 12.1 Å². The minimum Gasteiger partial charge on any atom is -0.493 e. The third kappa shape index (κ3) is 3.24. The first kappa shape index (κ1) is 18.8. The number of carbonyl (C=O) groups is 1. The molecule has 1 atom stereocenters. The molecule has 2 aromatic carbocycles. The first-order valence-corrected chi connectivity index (χ1v) is 10.4. The number of para-hydroxylation sites is 1. The number of hydrogen-bond acceptors (Lipinski definition) is 6. The molecule has 0 N–H and O–H groups in total. The number of hydrogen-bond donors (Lipinski definition) is 0. The van der Waals surface area contributed by atoms with Crippen molar-refractivity contribution in [2.45, 2.75) is 18.2 Å². The molecule has 0 spiro atoms. The van der Waals surface area contributed by atoms with Crippen molar-refractivity contribution >= 4 is 17.7 Å². The Balaban J connectivity index is 1.65. The van der Waals surface area contributed by atoms with Crippen LogP contribution in [0.4, 0.5) is 0 Å². The highest BCUT2D eigenvalue weighted by Gasteiger charge is 2.33. The van der Waals surface area contributed by atoms with Crippen LogP contribution >= 0.6 is 11.8 Å². The van der Waals surface area contributed by atoms with Crippen molar-refractivity contribution < 1.29 is 23.7 Å². The van der Waals surface area contributed by atoms with Crippen LogP contribution in [0.2, 0.25) is 0 Å². The van der Waals surface area contributed by atoms with Gasteiger partial charge in [0.05, 0.1) is 14.2 Å². The topological polar surface area (TPSA) is 57.2 Å². The highest BCUT2D eigenvalue weighted by Crippen LogP contribution is 2.42. The van der Waals surface area contributed by atoms with Crippen LogP contribution in [0.3, 0.4) is 0 Å². The van der Waals surface area contributed by atoms with Gasteiger partial charge in [0.2, 0.25) is 12.7 Å². The van der Waals surface area contributed by atoms with Crippen LogP contribution in [0.5, 0.6) is 23.0 Å². The lowest BCUT2D eigenvalue weighted by molar-refractivity contribution is -0.131.